The molecule has 6 rings (SSSR count). The lowest BCUT2D eigenvalue weighted by molar-refractivity contribution is 0.0938. The zero-order valence-electron chi connectivity index (χ0n) is 17.3. The van der Waals surface area contributed by atoms with Crippen LogP contribution < -0.4 is 5.32 Å². The van der Waals surface area contributed by atoms with Crippen molar-refractivity contribution in [3.63, 3.8) is 0 Å². The summed E-state index contributed by atoms with van der Waals surface area (Å²) in [7, 11) is 0. The third kappa shape index (κ3) is 3.56. The van der Waals surface area contributed by atoms with Gasteiger partial charge in [-0.15, -0.1) is 26.6 Å². The van der Waals surface area contributed by atoms with E-state index >= 15 is 0 Å². The molecule has 5 aromatic rings. The summed E-state index contributed by atoms with van der Waals surface area (Å²) in [5.41, 5.74) is 2.53. The number of aromatic nitrogens is 9. The fourth-order valence-corrected chi connectivity index (χ4v) is 4.77. The maximum Gasteiger partial charge on any atom is 0.253 e. The number of nitrogens with zero attached hydrogens (tertiary/aromatic N) is 8. The quantitative estimate of drug-likeness (QED) is 0.381. The molecule has 1 aliphatic carbocycles. The Morgan fingerprint density at radius 2 is 2.21 bits per heavy atom. The SMILES string of the molecule is CC(NC(=O)c1cc(-n2nnnc2C2CC2)c2ncc(-c3ccc(Cl)s3)n2c1)c1nnc[nH]1. The van der Waals surface area contributed by atoms with E-state index in [0.29, 0.717) is 33.0 Å². The molecule has 0 radical (unpaired) electrons. The molecule has 1 saturated carbocycles. The van der Waals surface area contributed by atoms with Crippen molar-refractivity contribution in [1.29, 1.82) is 0 Å². The van der Waals surface area contributed by atoms with Crippen molar-refractivity contribution in [3.05, 3.63) is 58.5 Å². The first kappa shape index (κ1) is 20.0. The summed E-state index contributed by atoms with van der Waals surface area (Å²) in [6.45, 7) is 1.83. The molecule has 166 valence electrons. The Kier molecular flexibility index (Phi) is 4.69. The Labute approximate surface area is 195 Å². The van der Waals surface area contributed by atoms with Gasteiger partial charge in [0, 0.05) is 12.1 Å². The van der Waals surface area contributed by atoms with E-state index in [1.807, 2.05) is 23.5 Å². The van der Waals surface area contributed by atoms with E-state index in [-0.39, 0.29) is 11.9 Å². The molecule has 5 aromatic heterocycles. The van der Waals surface area contributed by atoms with E-state index in [9.17, 15) is 4.79 Å². The first-order valence-corrected chi connectivity index (χ1v) is 11.5. The van der Waals surface area contributed by atoms with Gasteiger partial charge in [-0.3, -0.25) is 9.20 Å². The van der Waals surface area contributed by atoms with Gasteiger partial charge in [0.25, 0.3) is 5.91 Å². The highest BCUT2D eigenvalue weighted by Crippen LogP contribution is 2.40. The third-order valence-electron chi connectivity index (χ3n) is 5.53. The Morgan fingerprint density at radius 3 is 2.94 bits per heavy atom. The highest BCUT2D eigenvalue weighted by Gasteiger charge is 2.31. The Morgan fingerprint density at radius 1 is 1.33 bits per heavy atom. The molecular formula is C20H17ClN10OS. The fraction of sp³-hybridized carbons (Fsp3) is 0.250. The Bertz CT molecular complexity index is 1470. The smallest absolute Gasteiger partial charge is 0.253 e. The van der Waals surface area contributed by atoms with Crippen molar-refractivity contribution in [1.82, 2.24) is 50.1 Å². The maximum absolute atomic E-state index is 13.2. The van der Waals surface area contributed by atoms with Crippen LogP contribution in [0.1, 0.15) is 53.7 Å². The van der Waals surface area contributed by atoms with E-state index in [4.69, 9.17) is 11.6 Å². The van der Waals surface area contributed by atoms with Crippen molar-refractivity contribution in [3.8, 4) is 16.3 Å². The van der Waals surface area contributed by atoms with E-state index in [0.717, 1.165) is 29.2 Å². The van der Waals surface area contributed by atoms with Crippen LogP contribution in [0.3, 0.4) is 0 Å². The number of rotatable bonds is 6. The first-order chi connectivity index (χ1) is 16.1. The van der Waals surface area contributed by atoms with Crippen molar-refractivity contribution in [2.45, 2.75) is 31.7 Å². The van der Waals surface area contributed by atoms with Gasteiger partial charge >= 0.3 is 0 Å². The largest absolute Gasteiger partial charge is 0.342 e. The average Bonchev–Trinajstić information content (AvgIpc) is 3.28. The number of fused-ring (bicyclic) bond motifs is 1. The number of aromatic amines is 1. The second-order valence-corrected chi connectivity index (χ2v) is 9.56. The minimum atomic E-state index is -0.354. The molecular weight excluding hydrogens is 464 g/mol. The van der Waals surface area contributed by atoms with Crippen molar-refractivity contribution >= 4 is 34.5 Å². The molecule has 33 heavy (non-hydrogen) atoms. The summed E-state index contributed by atoms with van der Waals surface area (Å²) < 4.78 is 4.23. The van der Waals surface area contributed by atoms with Crippen LogP contribution in [-0.4, -0.2) is 50.7 Å². The number of carbonyl (C=O) groups is 1. The fourth-order valence-electron chi connectivity index (χ4n) is 3.72. The maximum atomic E-state index is 13.2. The van der Waals surface area contributed by atoms with Gasteiger partial charge in [-0.1, -0.05) is 11.6 Å². The van der Waals surface area contributed by atoms with E-state index < -0.39 is 0 Å². The normalized spacial score (nSPS) is 14.6. The number of carbonyl (C=O) groups excluding carboxylic acids is 1. The molecule has 1 unspecified atom stereocenters. The minimum absolute atomic E-state index is 0.271. The Hall–Kier alpha value is -3.64. The van der Waals surface area contributed by atoms with Crippen molar-refractivity contribution in [2.24, 2.45) is 0 Å². The lowest BCUT2D eigenvalue weighted by Gasteiger charge is -2.13. The molecule has 0 aliphatic heterocycles. The number of H-pyrrole nitrogens is 1. The van der Waals surface area contributed by atoms with Crippen LogP contribution in [0.2, 0.25) is 4.34 Å². The molecule has 1 atom stereocenters. The van der Waals surface area contributed by atoms with Gasteiger partial charge in [-0.2, -0.15) is 4.68 Å². The van der Waals surface area contributed by atoms with Gasteiger partial charge in [0.15, 0.2) is 17.3 Å². The second-order valence-electron chi connectivity index (χ2n) is 7.85. The van der Waals surface area contributed by atoms with Crippen LogP contribution in [0.5, 0.6) is 0 Å². The molecule has 0 saturated heterocycles. The van der Waals surface area contributed by atoms with Gasteiger partial charge < -0.3 is 10.3 Å². The number of amides is 1. The van der Waals surface area contributed by atoms with Crippen LogP contribution in [0.25, 0.3) is 21.9 Å². The summed E-state index contributed by atoms with van der Waals surface area (Å²) in [5, 5.41) is 23.0. The van der Waals surface area contributed by atoms with E-state index in [1.54, 1.807) is 23.1 Å². The number of thiophene rings is 1. The lowest BCUT2D eigenvalue weighted by atomic mass is 10.2. The lowest BCUT2D eigenvalue weighted by Crippen LogP contribution is -2.28. The highest BCUT2D eigenvalue weighted by molar-refractivity contribution is 7.19. The second kappa shape index (κ2) is 7.74. The monoisotopic (exact) mass is 480 g/mol. The van der Waals surface area contributed by atoms with Crippen molar-refractivity contribution in [2.75, 3.05) is 0 Å². The summed E-state index contributed by atoms with van der Waals surface area (Å²) in [4.78, 5) is 21.7. The molecule has 11 nitrogen and oxygen atoms in total. The van der Waals surface area contributed by atoms with E-state index in [1.165, 1.54) is 17.7 Å². The number of tetrazole rings is 1. The molecule has 0 bridgehead atoms. The van der Waals surface area contributed by atoms with Crippen LogP contribution >= 0.6 is 22.9 Å². The number of nitrogens with one attached hydrogen (secondary N) is 2. The van der Waals surface area contributed by atoms with Crippen LogP contribution in [0.15, 0.2) is 36.9 Å². The summed E-state index contributed by atoms with van der Waals surface area (Å²) in [5.74, 6) is 1.38. The molecule has 0 spiro atoms. The molecule has 1 amide bonds. The van der Waals surface area contributed by atoms with Gasteiger partial charge in [0.2, 0.25) is 0 Å². The number of pyridine rings is 1. The van der Waals surface area contributed by atoms with Crippen LogP contribution in [-0.2, 0) is 0 Å². The summed E-state index contributed by atoms with van der Waals surface area (Å²) in [6, 6.07) is 5.18. The van der Waals surface area contributed by atoms with Crippen LogP contribution in [0.4, 0.5) is 0 Å². The number of halogens is 1. The first-order valence-electron chi connectivity index (χ1n) is 10.3. The molecule has 13 heteroatoms. The molecule has 0 aromatic carbocycles. The predicted molar refractivity (Wildman–Crippen MR) is 120 cm³/mol. The van der Waals surface area contributed by atoms with Gasteiger partial charge in [-0.05, 0) is 48.4 Å². The predicted octanol–water partition coefficient (Wildman–Crippen LogP) is 3.18. The number of hydrogen-bond donors (Lipinski definition) is 2. The number of hydrogen-bond acceptors (Lipinski definition) is 8. The van der Waals surface area contributed by atoms with Gasteiger partial charge in [-0.25, -0.2) is 4.98 Å². The Balaban J connectivity index is 1.49. The molecule has 5 heterocycles. The van der Waals surface area contributed by atoms with Gasteiger partial charge in [0.1, 0.15) is 12.0 Å². The standard InChI is InChI=1S/C20H17ClN10OS/c1-10(17-23-9-24-26-17)25-20(32)12-6-13(31-18(11-2-3-11)27-28-29-31)19-22-7-14(30(19)8-12)15-4-5-16(21)33-15/h4-11H,2-3H2,1H3,(H,25,32)(H,23,24,26). The molecule has 1 aliphatic rings. The average molecular weight is 481 g/mol. The third-order valence-corrected chi connectivity index (χ3v) is 6.79. The van der Waals surface area contributed by atoms with E-state index in [2.05, 4.69) is 41.0 Å². The highest BCUT2D eigenvalue weighted by atomic mass is 35.5. The van der Waals surface area contributed by atoms with Crippen molar-refractivity contribution < 1.29 is 4.79 Å². The summed E-state index contributed by atoms with van der Waals surface area (Å²) in [6.07, 6.45) is 7.08. The van der Waals surface area contributed by atoms with Gasteiger partial charge in [0.05, 0.1) is 32.7 Å². The number of imidazole rings is 1. The molecule has 1 fully saturated rings. The minimum Gasteiger partial charge on any atom is -0.342 e. The molecule has 2 N–H and O–H groups in total. The zero-order valence-corrected chi connectivity index (χ0v) is 18.9. The summed E-state index contributed by atoms with van der Waals surface area (Å²) >= 11 is 7.61. The topological polar surface area (TPSA) is 132 Å². The zero-order chi connectivity index (χ0) is 22.5. The van der Waals surface area contributed by atoms with Crippen LogP contribution in [0, 0.1) is 0 Å².